The molecule has 0 spiro atoms. The summed E-state index contributed by atoms with van der Waals surface area (Å²) in [5, 5.41) is 6.54. The van der Waals surface area contributed by atoms with Crippen LogP contribution in [0.5, 0.6) is 0 Å². The van der Waals surface area contributed by atoms with Crippen molar-refractivity contribution in [3.8, 4) is 0 Å². The average molecular weight is 277 g/mol. The van der Waals surface area contributed by atoms with Gasteiger partial charge in [0.15, 0.2) is 0 Å². The number of nitrogens with zero attached hydrogens (tertiary/aromatic N) is 2. The van der Waals surface area contributed by atoms with Crippen molar-refractivity contribution in [1.82, 2.24) is 9.97 Å². The molecular weight excluding hydrogens is 258 g/mol. The highest BCUT2D eigenvalue weighted by Crippen LogP contribution is 2.29. The molecule has 2 heterocycles. The minimum absolute atomic E-state index is 0.471. The molecule has 0 radical (unpaired) electrons. The van der Waals surface area contributed by atoms with E-state index >= 15 is 0 Å². The number of rotatable bonds is 5. The van der Waals surface area contributed by atoms with Gasteiger partial charge < -0.3 is 5.32 Å². The van der Waals surface area contributed by atoms with Gasteiger partial charge in [0.25, 0.3) is 0 Å². The Bertz CT molecular complexity index is 547. The first kappa shape index (κ1) is 12.6. The highest BCUT2D eigenvalue weighted by molar-refractivity contribution is 7.16. The SMILES string of the molecule is NNc1nc(NCCC2CCCC2)c2ccsc2n1. The van der Waals surface area contributed by atoms with Crippen LogP contribution < -0.4 is 16.6 Å². The van der Waals surface area contributed by atoms with Crippen LogP contribution in [0, 0.1) is 5.92 Å². The van der Waals surface area contributed by atoms with E-state index in [1.54, 1.807) is 11.3 Å². The third kappa shape index (κ3) is 2.79. The predicted molar refractivity (Wildman–Crippen MR) is 80.3 cm³/mol. The fourth-order valence-electron chi connectivity index (χ4n) is 2.75. The smallest absolute Gasteiger partial charge is 0.240 e. The molecule has 0 unspecified atom stereocenters. The lowest BCUT2D eigenvalue weighted by Crippen LogP contribution is -2.13. The molecule has 0 amide bonds. The van der Waals surface area contributed by atoms with Crippen molar-refractivity contribution in [3.63, 3.8) is 0 Å². The maximum atomic E-state index is 5.41. The number of hydrogen-bond acceptors (Lipinski definition) is 6. The topological polar surface area (TPSA) is 75.9 Å². The van der Waals surface area contributed by atoms with E-state index < -0.39 is 0 Å². The van der Waals surface area contributed by atoms with Crippen LogP contribution in [0.3, 0.4) is 0 Å². The first-order chi connectivity index (χ1) is 9.36. The third-order valence-electron chi connectivity index (χ3n) is 3.77. The second-order valence-electron chi connectivity index (χ2n) is 5.05. The van der Waals surface area contributed by atoms with Gasteiger partial charge in [-0.3, -0.25) is 5.43 Å². The quantitative estimate of drug-likeness (QED) is 0.578. The molecule has 6 heteroatoms. The molecule has 5 nitrogen and oxygen atoms in total. The second-order valence-corrected chi connectivity index (χ2v) is 5.94. The molecule has 2 aromatic heterocycles. The lowest BCUT2D eigenvalue weighted by molar-refractivity contribution is 0.518. The van der Waals surface area contributed by atoms with Crippen LogP contribution >= 0.6 is 11.3 Å². The number of fused-ring (bicyclic) bond motifs is 1. The van der Waals surface area contributed by atoms with Gasteiger partial charge in [-0.2, -0.15) is 4.98 Å². The molecule has 19 heavy (non-hydrogen) atoms. The van der Waals surface area contributed by atoms with Crippen LogP contribution in [0.4, 0.5) is 11.8 Å². The molecule has 3 rings (SSSR count). The number of hydrazine groups is 1. The molecule has 1 fully saturated rings. The summed E-state index contributed by atoms with van der Waals surface area (Å²) in [4.78, 5) is 9.70. The molecule has 0 atom stereocenters. The van der Waals surface area contributed by atoms with Crippen molar-refractivity contribution in [2.75, 3.05) is 17.3 Å². The number of nitrogens with one attached hydrogen (secondary N) is 2. The summed E-state index contributed by atoms with van der Waals surface area (Å²) in [6, 6.07) is 2.05. The van der Waals surface area contributed by atoms with Gasteiger partial charge >= 0.3 is 0 Å². The largest absolute Gasteiger partial charge is 0.369 e. The standard InChI is InChI=1S/C13H19N5S/c14-18-13-16-11(10-6-8-19-12(10)17-13)15-7-5-9-3-1-2-4-9/h6,8-9H,1-5,7,14H2,(H2,15,16,17,18). The van der Waals surface area contributed by atoms with E-state index in [0.29, 0.717) is 5.95 Å². The Morgan fingerprint density at radius 1 is 1.32 bits per heavy atom. The monoisotopic (exact) mass is 277 g/mol. The zero-order chi connectivity index (χ0) is 13.1. The highest BCUT2D eigenvalue weighted by atomic mass is 32.1. The van der Waals surface area contributed by atoms with Crippen LogP contribution in [-0.2, 0) is 0 Å². The first-order valence-corrected chi connectivity index (χ1v) is 7.70. The lowest BCUT2D eigenvalue weighted by atomic mass is 10.0. The van der Waals surface area contributed by atoms with Crippen LogP contribution in [0.25, 0.3) is 10.2 Å². The Hall–Kier alpha value is -1.40. The van der Waals surface area contributed by atoms with Gasteiger partial charge in [-0.25, -0.2) is 10.8 Å². The molecule has 2 aromatic rings. The van der Waals surface area contributed by atoms with Crippen LogP contribution in [-0.4, -0.2) is 16.5 Å². The number of nitrogens with two attached hydrogens (primary N) is 1. The molecule has 102 valence electrons. The summed E-state index contributed by atoms with van der Waals surface area (Å²) in [5.74, 6) is 7.65. The highest BCUT2D eigenvalue weighted by Gasteiger charge is 2.15. The van der Waals surface area contributed by atoms with Crippen molar-refractivity contribution in [2.45, 2.75) is 32.1 Å². The normalized spacial score (nSPS) is 16.1. The van der Waals surface area contributed by atoms with Gasteiger partial charge in [-0.1, -0.05) is 25.7 Å². The maximum Gasteiger partial charge on any atom is 0.240 e. The third-order valence-corrected chi connectivity index (χ3v) is 4.58. The molecule has 0 aliphatic heterocycles. The number of aromatic nitrogens is 2. The van der Waals surface area contributed by atoms with Crippen LogP contribution in [0.1, 0.15) is 32.1 Å². The average Bonchev–Trinajstić information content (AvgIpc) is 3.08. The van der Waals surface area contributed by atoms with Crippen molar-refractivity contribution >= 4 is 33.3 Å². The molecule has 0 bridgehead atoms. The van der Waals surface area contributed by atoms with E-state index in [1.807, 2.05) is 5.38 Å². The van der Waals surface area contributed by atoms with Gasteiger partial charge in [0, 0.05) is 6.54 Å². The Kier molecular flexibility index (Phi) is 3.79. The van der Waals surface area contributed by atoms with Crippen LogP contribution in [0.15, 0.2) is 11.4 Å². The summed E-state index contributed by atoms with van der Waals surface area (Å²) in [6.07, 6.45) is 6.78. The second kappa shape index (κ2) is 5.71. The Morgan fingerprint density at radius 3 is 2.95 bits per heavy atom. The molecular formula is C13H19N5S. The van der Waals surface area contributed by atoms with E-state index in [-0.39, 0.29) is 0 Å². The Labute approximate surface area is 116 Å². The number of hydrogen-bond donors (Lipinski definition) is 3. The van der Waals surface area contributed by atoms with Crippen molar-refractivity contribution in [1.29, 1.82) is 0 Å². The van der Waals surface area contributed by atoms with Gasteiger partial charge in [-0.05, 0) is 23.8 Å². The summed E-state index contributed by atoms with van der Waals surface area (Å²) in [5.41, 5.74) is 2.53. The van der Waals surface area contributed by atoms with Gasteiger partial charge in [0.05, 0.1) is 5.39 Å². The zero-order valence-corrected chi connectivity index (χ0v) is 11.7. The summed E-state index contributed by atoms with van der Waals surface area (Å²) < 4.78 is 0. The van der Waals surface area contributed by atoms with Crippen molar-refractivity contribution in [2.24, 2.45) is 11.8 Å². The first-order valence-electron chi connectivity index (χ1n) is 6.82. The summed E-state index contributed by atoms with van der Waals surface area (Å²) in [7, 11) is 0. The molecule has 0 aromatic carbocycles. The van der Waals surface area contributed by atoms with Gasteiger partial charge in [-0.15, -0.1) is 11.3 Å². The minimum Gasteiger partial charge on any atom is -0.369 e. The van der Waals surface area contributed by atoms with E-state index in [1.165, 1.54) is 32.1 Å². The molecule has 1 aliphatic carbocycles. The predicted octanol–water partition coefficient (Wildman–Crippen LogP) is 2.97. The van der Waals surface area contributed by atoms with E-state index in [9.17, 15) is 0 Å². The molecule has 4 N–H and O–H groups in total. The Balaban J connectivity index is 1.70. The fourth-order valence-corrected chi connectivity index (χ4v) is 3.51. The van der Waals surface area contributed by atoms with Crippen LogP contribution in [0.2, 0.25) is 0 Å². The number of anilines is 2. The Morgan fingerprint density at radius 2 is 2.16 bits per heavy atom. The zero-order valence-electron chi connectivity index (χ0n) is 10.9. The molecule has 1 aliphatic rings. The summed E-state index contributed by atoms with van der Waals surface area (Å²) >= 11 is 1.60. The van der Waals surface area contributed by atoms with E-state index in [4.69, 9.17) is 5.84 Å². The lowest BCUT2D eigenvalue weighted by Gasteiger charge is -2.11. The molecule has 1 saturated carbocycles. The molecule has 0 saturated heterocycles. The van der Waals surface area contributed by atoms with Crippen molar-refractivity contribution < 1.29 is 0 Å². The summed E-state index contributed by atoms with van der Waals surface area (Å²) in [6.45, 7) is 0.969. The fraction of sp³-hybridized carbons (Fsp3) is 0.538. The number of nitrogen functional groups attached to an aromatic ring is 1. The van der Waals surface area contributed by atoms with Gasteiger partial charge in [0.2, 0.25) is 5.95 Å². The van der Waals surface area contributed by atoms with Crippen molar-refractivity contribution in [3.05, 3.63) is 11.4 Å². The van der Waals surface area contributed by atoms with Gasteiger partial charge in [0.1, 0.15) is 10.6 Å². The van der Waals surface area contributed by atoms with E-state index in [2.05, 4.69) is 26.8 Å². The maximum absolute atomic E-state index is 5.41. The van der Waals surface area contributed by atoms with E-state index in [0.717, 1.165) is 28.5 Å². The number of thiophene rings is 1. The minimum atomic E-state index is 0.471.